The topological polar surface area (TPSA) is 88.2 Å². The van der Waals surface area contributed by atoms with Crippen LogP contribution in [0, 0.1) is 0 Å². The van der Waals surface area contributed by atoms with Crippen LogP contribution in [-0.4, -0.2) is 30.9 Å². The van der Waals surface area contributed by atoms with Crippen LogP contribution in [0.15, 0.2) is 55.4 Å². The highest BCUT2D eigenvalue weighted by molar-refractivity contribution is 5.87. The molecule has 0 aromatic carbocycles. The van der Waals surface area contributed by atoms with E-state index in [2.05, 4.69) is 16.7 Å². The van der Waals surface area contributed by atoms with E-state index in [1.54, 1.807) is 12.2 Å². The Balaban J connectivity index is 2.42. The molecule has 0 fully saturated rings. The number of hydrogen-bond donors (Lipinski definition) is 2. The van der Waals surface area contributed by atoms with Crippen LogP contribution in [0.4, 0.5) is 0 Å². The van der Waals surface area contributed by atoms with Crippen LogP contribution in [0.2, 0.25) is 0 Å². The van der Waals surface area contributed by atoms with Gasteiger partial charge in [0.2, 0.25) is 5.88 Å². The fourth-order valence-electron chi connectivity index (χ4n) is 1.82. The van der Waals surface area contributed by atoms with E-state index in [-0.39, 0.29) is 11.4 Å². The number of carboxylic acid groups (broad SMARTS) is 1. The molecule has 0 bridgehead atoms. The normalized spacial score (nSPS) is 11.8. The van der Waals surface area contributed by atoms with Gasteiger partial charge in [0.15, 0.2) is 5.82 Å². The van der Waals surface area contributed by atoms with Crippen LogP contribution in [0.25, 0.3) is 11.4 Å². The maximum atomic E-state index is 10.8. The molecule has 112 valence electrons. The average Bonchev–Trinajstić information content (AvgIpc) is 2.90. The summed E-state index contributed by atoms with van der Waals surface area (Å²) in [5.41, 5.74) is 1.29. The number of rotatable bonds is 5. The van der Waals surface area contributed by atoms with Crippen LogP contribution >= 0.6 is 0 Å². The van der Waals surface area contributed by atoms with Crippen molar-refractivity contribution in [2.24, 2.45) is 0 Å². The van der Waals surface area contributed by atoms with Crippen molar-refractivity contribution in [3.63, 3.8) is 0 Å². The fourth-order valence-corrected chi connectivity index (χ4v) is 1.82. The number of aromatic nitrogens is 3. The van der Waals surface area contributed by atoms with Crippen molar-refractivity contribution in [2.45, 2.75) is 6.92 Å². The second-order valence-electron chi connectivity index (χ2n) is 4.36. The Morgan fingerprint density at radius 1 is 1.36 bits per heavy atom. The lowest BCUT2D eigenvalue weighted by atomic mass is 10.1. The first-order chi connectivity index (χ1) is 10.6. The zero-order valence-electron chi connectivity index (χ0n) is 12.0. The fraction of sp³-hybridized carbons (Fsp3) is 0.0625. The summed E-state index contributed by atoms with van der Waals surface area (Å²) < 4.78 is 1.23. The minimum Gasteiger partial charge on any atom is -0.493 e. The van der Waals surface area contributed by atoms with Crippen LogP contribution in [-0.2, 0) is 0 Å². The van der Waals surface area contributed by atoms with Crippen molar-refractivity contribution in [3.05, 3.63) is 66.5 Å². The Kier molecular flexibility index (Phi) is 4.53. The van der Waals surface area contributed by atoms with Crippen molar-refractivity contribution in [1.82, 2.24) is 14.8 Å². The van der Waals surface area contributed by atoms with Gasteiger partial charge in [0.25, 0.3) is 0 Å². The van der Waals surface area contributed by atoms with Gasteiger partial charge < -0.3 is 10.2 Å². The van der Waals surface area contributed by atoms with Crippen molar-refractivity contribution < 1.29 is 15.0 Å². The van der Waals surface area contributed by atoms with Crippen LogP contribution in [0.1, 0.15) is 22.8 Å². The van der Waals surface area contributed by atoms with E-state index in [0.717, 1.165) is 0 Å². The highest BCUT2D eigenvalue weighted by Crippen LogP contribution is 2.27. The van der Waals surface area contributed by atoms with Crippen molar-refractivity contribution >= 4 is 11.5 Å². The van der Waals surface area contributed by atoms with E-state index in [0.29, 0.717) is 17.0 Å². The number of pyridine rings is 1. The zero-order chi connectivity index (χ0) is 16.1. The molecule has 2 N–H and O–H groups in total. The minimum absolute atomic E-state index is 0.0652. The van der Waals surface area contributed by atoms with Crippen molar-refractivity contribution in [2.75, 3.05) is 0 Å². The molecule has 0 aliphatic rings. The molecular formula is C16H15N3O3. The maximum Gasteiger partial charge on any atom is 0.337 e. The van der Waals surface area contributed by atoms with Gasteiger partial charge in [-0.15, -0.1) is 0 Å². The third-order valence-corrected chi connectivity index (χ3v) is 2.95. The smallest absolute Gasteiger partial charge is 0.337 e. The standard InChI is InChI=1S/C16H15N3O3/c1-3-5-6-11(4-2)13-10-18-19(15(13)20)14-8-7-12(9-17-14)16(21)22/h3-10,20H,2H2,1H3,(H,21,22)/b5-3-,11-6+. The third-order valence-electron chi connectivity index (χ3n) is 2.95. The summed E-state index contributed by atoms with van der Waals surface area (Å²) in [6.07, 6.45) is 9.81. The van der Waals surface area contributed by atoms with Crippen molar-refractivity contribution in [1.29, 1.82) is 0 Å². The Morgan fingerprint density at radius 3 is 2.68 bits per heavy atom. The average molecular weight is 297 g/mol. The first kappa shape index (κ1) is 15.2. The van der Waals surface area contributed by atoms with Gasteiger partial charge >= 0.3 is 5.97 Å². The quantitative estimate of drug-likeness (QED) is 0.828. The van der Waals surface area contributed by atoms with Crippen LogP contribution in [0.5, 0.6) is 5.88 Å². The second kappa shape index (κ2) is 6.53. The van der Waals surface area contributed by atoms with E-state index in [1.165, 1.54) is 29.2 Å². The molecule has 0 spiro atoms. The summed E-state index contributed by atoms with van der Waals surface area (Å²) in [6, 6.07) is 2.87. The molecule has 6 nitrogen and oxygen atoms in total. The van der Waals surface area contributed by atoms with E-state index in [1.807, 2.05) is 19.1 Å². The molecule has 22 heavy (non-hydrogen) atoms. The molecule has 0 radical (unpaired) electrons. The maximum absolute atomic E-state index is 10.8. The van der Waals surface area contributed by atoms with E-state index >= 15 is 0 Å². The minimum atomic E-state index is -1.06. The second-order valence-corrected chi connectivity index (χ2v) is 4.36. The van der Waals surface area contributed by atoms with E-state index in [4.69, 9.17) is 5.11 Å². The van der Waals surface area contributed by atoms with E-state index < -0.39 is 5.97 Å². The monoisotopic (exact) mass is 297 g/mol. The highest BCUT2D eigenvalue weighted by atomic mass is 16.4. The molecule has 0 aliphatic carbocycles. The van der Waals surface area contributed by atoms with Gasteiger partial charge in [0.05, 0.1) is 17.3 Å². The number of nitrogens with zero attached hydrogens (tertiary/aromatic N) is 3. The van der Waals surface area contributed by atoms with Gasteiger partial charge in [0, 0.05) is 6.20 Å². The van der Waals surface area contributed by atoms with E-state index in [9.17, 15) is 9.90 Å². The van der Waals surface area contributed by atoms with Crippen LogP contribution in [0.3, 0.4) is 0 Å². The van der Waals surface area contributed by atoms with Gasteiger partial charge in [-0.3, -0.25) is 0 Å². The van der Waals surface area contributed by atoms with Crippen LogP contribution < -0.4 is 0 Å². The zero-order valence-corrected chi connectivity index (χ0v) is 12.0. The molecule has 0 amide bonds. The van der Waals surface area contributed by atoms with Gasteiger partial charge in [-0.25, -0.2) is 9.78 Å². The molecule has 0 saturated carbocycles. The molecule has 0 aliphatic heterocycles. The van der Waals surface area contributed by atoms with Gasteiger partial charge in [-0.1, -0.05) is 30.9 Å². The number of allylic oxidation sites excluding steroid dienone is 5. The first-order valence-corrected chi connectivity index (χ1v) is 6.51. The molecule has 0 saturated heterocycles. The largest absolute Gasteiger partial charge is 0.493 e. The summed E-state index contributed by atoms with van der Waals surface area (Å²) in [5, 5.41) is 23.2. The summed E-state index contributed by atoms with van der Waals surface area (Å²) in [6.45, 7) is 5.60. The number of aromatic hydroxyl groups is 1. The summed E-state index contributed by atoms with van der Waals surface area (Å²) >= 11 is 0. The van der Waals surface area contributed by atoms with Gasteiger partial charge in [-0.05, 0) is 24.6 Å². The third kappa shape index (κ3) is 2.95. The first-order valence-electron chi connectivity index (χ1n) is 6.51. The summed E-state index contributed by atoms with van der Waals surface area (Å²) in [4.78, 5) is 14.8. The molecule has 2 aromatic heterocycles. The van der Waals surface area contributed by atoms with Gasteiger partial charge in [-0.2, -0.15) is 9.78 Å². The molecule has 0 atom stereocenters. The number of carboxylic acids is 1. The predicted molar refractivity (Wildman–Crippen MR) is 83.0 cm³/mol. The van der Waals surface area contributed by atoms with Gasteiger partial charge in [0.1, 0.15) is 0 Å². The predicted octanol–water partition coefficient (Wildman–Crippen LogP) is 2.82. The lowest BCUT2D eigenvalue weighted by Crippen LogP contribution is -2.02. The molecule has 6 heteroatoms. The summed E-state index contributed by atoms with van der Waals surface area (Å²) in [5.74, 6) is -0.831. The Morgan fingerprint density at radius 2 is 2.14 bits per heavy atom. The lowest BCUT2D eigenvalue weighted by Gasteiger charge is -2.04. The Labute approximate surface area is 127 Å². The molecule has 2 rings (SSSR count). The molecular weight excluding hydrogens is 282 g/mol. The summed E-state index contributed by atoms with van der Waals surface area (Å²) in [7, 11) is 0. The highest BCUT2D eigenvalue weighted by Gasteiger charge is 2.14. The Hall–Kier alpha value is -3.15. The van der Waals surface area contributed by atoms with Crippen molar-refractivity contribution in [3.8, 4) is 11.7 Å². The number of carbonyl (C=O) groups is 1. The molecule has 2 heterocycles. The number of hydrogen-bond acceptors (Lipinski definition) is 4. The SMILES string of the molecule is C=C/C(=C\C=C/C)c1cnn(-c2ccc(C(=O)O)cn2)c1O. The number of aromatic carboxylic acids is 1. The Bertz CT molecular complexity index is 755. The molecule has 2 aromatic rings. The lowest BCUT2D eigenvalue weighted by molar-refractivity contribution is 0.0696. The molecule has 0 unspecified atom stereocenters.